The molecule has 1 aliphatic carbocycles. The molecule has 5 rings (SSSR count). The van der Waals surface area contributed by atoms with Crippen LogP contribution in [0.15, 0.2) is 54.6 Å². The zero-order valence-corrected chi connectivity index (χ0v) is 17.3. The lowest BCUT2D eigenvalue weighted by Gasteiger charge is -2.34. The molecule has 1 saturated heterocycles. The summed E-state index contributed by atoms with van der Waals surface area (Å²) in [5.41, 5.74) is 4.80. The van der Waals surface area contributed by atoms with Crippen LogP contribution in [0.4, 0.5) is 5.69 Å². The molecule has 1 saturated carbocycles. The van der Waals surface area contributed by atoms with E-state index in [1.165, 1.54) is 11.3 Å². The summed E-state index contributed by atoms with van der Waals surface area (Å²) in [7, 11) is 0. The molecule has 2 aliphatic rings. The van der Waals surface area contributed by atoms with Gasteiger partial charge < -0.3 is 10.2 Å². The Morgan fingerprint density at radius 2 is 1.77 bits per heavy atom. The predicted molar refractivity (Wildman–Crippen MR) is 117 cm³/mol. The molecule has 1 aliphatic heterocycles. The number of amides is 1. The highest BCUT2D eigenvalue weighted by Gasteiger charge is 2.35. The minimum Gasteiger partial charge on any atom is -0.369 e. The van der Waals surface area contributed by atoms with Crippen LogP contribution in [-0.4, -0.2) is 40.0 Å². The number of carbonyl (C=O) groups is 1. The first-order valence-electron chi connectivity index (χ1n) is 10.8. The van der Waals surface area contributed by atoms with E-state index < -0.39 is 0 Å². The Morgan fingerprint density at radius 3 is 2.50 bits per heavy atom. The molecule has 1 aromatic heterocycles. The average Bonchev–Trinajstić information content (AvgIpc) is 3.53. The Kier molecular flexibility index (Phi) is 4.99. The Labute approximate surface area is 176 Å². The van der Waals surface area contributed by atoms with Crippen molar-refractivity contribution < 1.29 is 4.79 Å². The molecule has 2 heterocycles. The van der Waals surface area contributed by atoms with Crippen molar-refractivity contribution in [2.75, 3.05) is 18.0 Å². The molecule has 2 aromatic carbocycles. The maximum atomic E-state index is 13.2. The fourth-order valence-electron chi connectivity index (χ4n) is 4.27. The van der Waals surface area contributed by atoms with Gasteiger partial charge in [0.15, 0.2) is 5.69 Å². The highest BCUT2D eigenvalue weighted by molar-refractivity contribution is 5.94. The van der Waals surface area contributed by atoms with E-state index in [9.17, 15) is 4.79 Å². The van der Waals surface area contributed by atoms with E-state index in [0.29, 0.717) is 11.6 Å². The first-order chi connectivity index (χ1) is 14.7. The number of rotatable bonds is 5. The Hall–Kier alpha value is -3.15. The van der Waals surface area contributed by atoms with E-state index in [0.717, 1.165) is 50.2 Å². The van der Waals surface area contributed by atoms with Crippen LogP contribution in [0.5, 0.6) is 0 Å². The summed E-state index contributed by atoms with van der Waals surface area (Å²) < 4.78 is 1.85. The van der Waals surface area contributed by atoms with Gasteiger partial charge in [-0.25, -0.2) is 4.68 Å². The molecule has 1 unspecified atom stereocenters. The second-order valence-electron chi connectivity index (χ2n) is 8.44. The summed E-state index contributed by atoms with van der Waals surface area (Å²) in [5.74, 6) is 0.268. The van der Waals surface area contributed by atoms with Crippen LogP contribution < -0.4 is 10.2 Å². The number of para-hydroxylation sites is 1. The van der Waals surface area contributed by atoms with E-state index in [-0.39, 0.29) is 11.9 Å². The number of hydrogen-bond donors (Lipinski definition) is 1. The molecule has 154 valence electrons. The summed E-state index contributed by atoms with van der Waals surface area (Å²) in [4.78, 5) is 15.5. The van der Waals surface area contributed by atoms with Crippen molar-refractivity contribution in [1.29, 1.82) is 0 Å². The smallest absolute Gasteiger partial charge is 0.274 e. The fraction of sp³-hybridized carbons (Fsp3) is 0.375. The molecule has 0 spiro atoms. The third-order valence-electron chi connectivity index (χ3n) is 6.04. The number of benzene rings is 2. The van der Waals surface area contributed by atoms with Gasteiger partial charge in [-0.05, 0) is 56.9 Å². The minimum absolute atomic E-state index is 0.102. The number of anilines is 1. The first kappa shape index (κ1) is 18.9. The van der Waals surface area contributed by atoms with Crippen LogP contribution in [0.1, 0.15) is 53.3 Å². The Bertz CT molecular complexity index is 1020. The van der Waals surface area contributed by atoms with Crippen LogP contribution in [0, 0.1) is 6.92 Å². The van der Waals surface area contributed by atoms with Crippen molar-refractivity contribution in [3.8, 4) is 5.69 Å². The summed E-state index contributed by atoms with van der Waals surface area (Å²) >= 11 is 0. The molecule has 1 amide bonds. The van der Waals surface area contributed by atoms with E-state index in [4.69, 9.17) is 0 Å². The summed E-state index contributed by atoms with van der Waals surface area (Å²) in [5, 5.41) is 11.9. The van der Waals surface area contributed by atoms with Crippen LogP contribution in [0.2, 0.25) is 0 Å². The Balaban J connectivity index is 1.34. The highest BCUT2D eigenvalue weighted by Crippen LogP contribution is 2.42. The standard InChI is InChI=1S/C24H27N5O/c1-17-9-13-21(14-10-17)29-23(18-11-12-18)22(26-27-29)24(30)25-19-6-5-15-28(16-19)20-7-3-2-4-8-20/h2-4,7-10,13-14,18-19H,5-6,11-12,15-16H2,1H3,(H,25,30). The summed E-state index contributed by atoms with van der Waals surface area (Å²) in [6.07, 6.45) is 4.22. The largest absolute Gasteiger partial charge is 0.369 e. The molecule has 1 N–H and O–H groups in total. The van der Waals surface area contributed by atoms with E-state index in [1.807, 2.05) is 22.9 Å². The van der Waals surface area contributed by atoms with E-state index in [1.54, 1.807) is 0 Å². The summed E-state index contributed by atoms with van der Waals surface area (Å²) in [6, 6.07) is 18.7. The highest BCUT2D eigenvalue weighted by atomic mass is 16.2. The normalized spacial score (nSPS) is 19.0. The number of hydrogen-bond acceptors (Lipinski definition) is 4. The second-order valence-corrected chi connectivity index (χ2v) is 8.44. The number of piperidine rings is 1. The summed E-state index contributed by atoms with van der Waals surface area (Å²) in [6.45, 7) is 3.91. The SMILES string of the molecule is Cc1ccc(-n2nnc(C(=O)NC3CCCN(c4ccccc4)C3)c2C2CC2)cc1. The zero-order chi connectivity index (χ0) is 20.5. The molecule has 0 bridgehead atoms. The first-order valence-corrected chi connectivity index (χ1v) is 10.8. The van der Waals surface area contributed by atoms with Crippen molar-refractivity contribution in [2.24, 2.45) is 0 Å². The van der Waals surface area contributed by atoms with Gasteiger partial charge in [-0.1, -0.05) is 41.1 Å². The third kappa shape index (κ3) is 3.82. The molecule has 2 fully saturated rings. The van der Waals surface area contributed by atoms with Crippen molar-refractivity contribution in [1.82, 2.24) is 20.3 Å². The van der Waals surface area contributed by atoms with Gasteiger partial charge in [0, 0.05) is 30.7 Å². The number of aromatic nitrogens is 3. The minimum atomic E-state index is -0.102. The van der Waals surface area contributed by atoms with Crippen LogP contribution in [-0.2, 0) is 0 Å². The van der Waals surface area contributed by atoms with Gasteiger partial charge >= 0.3 is 0 Å². The molecule has 6 heteroatoms. The molecule has 0 radical (unpaired) electrons. The van der Waals surface area contributed by atoms with Gasteiger partial charge in [0.1, 0.15) is 0 Å². The second kappa shape index (κ2) is 7.94. The van der Waals surface area contributed by atoms with Crippen LogP contribution >= 0.6 is 0 Å². The lowest BCUT2D eigenvalue weighted by Crippen LogP contribution is -2.48. The number of nitrogens with one attached hydrogen (secondary N) is 1. The number of nitrogens with zero attached hydrogens (tertiary/aromatic N) is 4. The van der Waals surface area contributed by atoms with Gasteiger partial charge in [-0.3, -0.25) is 4.79 Å². The Morgan fingerprint density at radius 1 is 1.00 bits per heavy atom. The van der Waals surface area contributed by atoms with Gasteiger partial charge in [0.05, 0.1) is 11.4 Å². The van der Waals surface area contributed by atoms with Crippen LogP contribution in [0.3, 0.4) is 0 Å². The van der Waals surface area contributed by atoms with Crippen molar-refractivity contribution >= 4 is 11.6 Å². The molecular formula is C24H27N5O. The quantitative estimate of drug-likeness (QED) is 0.705. The maximum Gasteiger partial charge on any atom is 0.274 e. The molecule has 6 nitrogen and oxygen atoms in total. The van der Waals surface area contributed by atoms with Gasteiger partial charge in [-0.15, -0.1) is 5.10 Å². The molecule has 3 aromatic rings. The lowest BCUT2D eigenvalue weighted by atomic mass is 10.0. The van der Waals surface area contributed by atoms with E-state index >= 15 is 0 Å². The molecule has 1 atom stereocenters. The lowest BCUT2D eigenvalue weighted by molar-refractivity contribution is 0.0927. The number of carbonyl (C=O) groups excluding carboxylic acids is 1. The fourth-order valence-corrected chi connectivity index (χ4v) is 4.27. The van der Waals surface area contributed by atoms with Crippen molar-refractivity contribution in [2.45, 2.75) is 44.6 Å². The monoisotopic (exact) mass is 401 g/mol. The third-order valence-corrected chi connectivity index (χ3v) is 6.04. The van der Waals surface area contributed by atoms with Crippen molar-refractivity contribution in [3.05, 3.63) is 71.5 Å². The van der Waals surface area contributed by atoms with Gasteiger partial charge in [0.25, 0.3) is 5.91 Å². The maximum absolute atomic E-state index is 13.2. The molecule has 30 heavy (non-hydrogen) atoms. The van der Waals surface area contributed by atoms with E-state index in [2.05, 4.69) is 63.9 Å². The van der Waals surface area contributed by atoms with Crippen molar-refractivity contribution in [3.63, 3.8) is 0 Å². The van der Waals surface area contributed by atoms with Gasteiger partial charge in [0.2, 0.25) is 0 Å². The molecular weight excluding hydrogens is 374 g/mol. The number of aryl methyl sites for hydroxylation is 1. The average molecular weight is 402 g/mol. The zero-order valence-electron chi connectivity index (χ0n) is 17.3. The van der Waals surface area contributed by atoms with Crippen LogP contribution in [0.25, 0.3) is 5.69 Å². The predicted octanol–water partition coefficient (Wildman–Crippen LogP) is 3.85. The topological polar surface area (TPSA) is 63.1 Å². The van der Waals surface area contributed by atoms with Gasteiger partial charge in [-0.2, -0.15) is 0 Å².